The van der Waals surface area contributed by atoms with Gasteiger partial charge in [0.25, 0.3) is 0 Å². The van der Waals surface area contributed by atoms with Crippen LogP contribution in [0.4, 0.5) is 0 Å². The lowest BCUT2D eigenvalue weighted by Crippen LogP contribution is -2.17. The Bertz CT molecular complexity index is 303. The van der Waals surface area contributed by atoms with Crippen LogP contribution in [0.3, 0.4) is 0 Å². The molecular weight excluding hydrogens is 192 g/mol. The van der Waals surface area contributed by atoms with Gasteiger partial charge < -0.3 is 14.9 Å². The van der Waals surface area contributed by atoms with Crippen LogP contribution in [0, 0.1) is 5.92 Å². The van der Waals surface area contributed by atoms with E-state index in [1.807, 2.05) is 6.92 Å². The summed E-state index contributed by atoms with van der Waals surface area (Å²) in [5.41, 5.74) is 6.56. The molecule has 1 aliphatic rings. The molecule has 0 radical (unpaired) electrons. The van der Waals surface area contributed by atoms with Gasteiger partial charge in [0.1, 0.15) is 6.26 Å². The number of ether oxygens (including phenoxy) is 1. The van der Waals surface area contributed by atoms with Crippen molar-refractivity contribution < 1.29 is 9.15 Å². The van der Waals surface area contributed by atoms with Crippen molar-refractivity contribution in [2.45, 2.75) is 32.2 Å². The Morgan fingerprint density at radius 2 is 2.27 bits per heavy atom. The van der Waals surface area contributed by atoms with Gasteiger partial charge in [0.15, 0.2) is 5.89 Å². The molecule has 4 nitrogen and oxygen atoms in total. The second-order valence-electron chi connectivity index (χ2n) is 4.21. The Hall–Kier alpha value is -0.870. The molecule has 1 atom stereocenters. The molecule has 1 fully saturated rings. The first-order valence-electron chi connectivity index (χ1n) is 5.53. The Morgan fingerprint density at radius 3 is 2.87 bits per heavy atom. The fourth-order valence-electron chi connectivity index (χ4n) is 1.83. The highest BCUT2D eigenvalue weighted by Gasteiger charge is 2.17. The Kier molecular flexibility index (Phi) is 3.38. The predicted octanol–water partition coefficient (Wildman–Crippen LogP) is 1.66. The zero-order valence-electron chi connectivity index (χ0n) is 9.11. The minimum absolute atomic E-state index is 0.0443. The molecule has 1 aromatic heterocycles. The van der Waals surface area contributed by atoms with Crippen LogP contribution in [0.2, 0.25) is 0 Å². The van der Waals surface area contributed by atoms with Crippen molar-refractivity contribution in [2.75, 3.05) is 13.2 Å². The SMILES string of the molecule is CC(N)c1coc(CC2CCOCC2)n1. The van der Waals surface area contributed by atoms with Crippen LogP contribution in [-0.4, -0.2) is 18.2 Å². The van der Waals surface area contributed by atoms with Crippen molar-refractivity contribution in [1.82, 2.24) is 4.98 Å². The summed E-state index contributed by atoms with van der Waals surface area (Å²) in [6.07, 6.45) is 4.79. The molecule has 0 aromatic carbocycles. The van der Waals surface area contributed by atoms with Crippen LogP contribution in [0.1, 0.15) is 37.4 Å². The number of aromatic nitrogens is 1. The average Bonchev–Trinajstić information content (AvgIpc) is 2.68. The molecule has 0 saturated carbocycles. The highest BCUT2D eigenvalue weighted by atomic mass is 16.5. The molecule has 1 saturated heterocycles. The maximum atomic E-state index is 5.72. The van der Waals surface area contributed by atoms with Crippen molar-refractivity contribution >= 4 is 0 Å². The van der Waals surface area contributed by atoms with Gasteiger partial charge in [0.05, 0.1) is 5.69 Å². The second kappa shape index (κ2) is 4.77. The van der Waals surface area contributed by atoms with E-state index in [9.17, 15) is 0 Å². The lowest BCUT2D eigenvalue weighted by molar-refractivity contribution is 0.0647. The molecule has 0 spiro atoms. The van der Waals surface area contributed by atoms with Crippen molar-refractivity contribution in [2.24, 2.45) is 11.7 Å². The predicted molar refractivity (Wildman–Crippen MR) is 56.4 cm³/mol. The molecule has 0 bridgehead atoms. The lowest BCUT2D eigenvalue weighted by atomic mass is 9.97. The van der Waals surface area contributed by atoms with Crippen LogP contribution >= 0.6 is 0 Å². The fraction of sp³-hybridized carbons (Fsp3) is 0.727. The summed E-state index contributed by atoms with van der Waals surface area (Å²) in [6.45, 7) is 3.65. The molecular formula is C11H18N2O2. The first-order valence-corrected chi connectivity index (χ1v) is 5.53. The molecule has 4 heteroatoms. The standard InChI is InChI=1S/C11H18N2O2/c1-8(12)10-7-15-11(13-10)6-9-2-4-14-5-3-9/h7-9H,2-6,12H2,1H3. The van der Waals surface area contributed by atoms with E-state index in [0.29, 0.717) is 5.92 Å². The molecule has 84 valence electrons. The first kappa shape index (κ1) is 10.6. The summed E-state index contributed by atoms with van der Waals surface area (Å²) < 4.78 is 10.7. The van der Waals surface area contributed by atoms with Crippen molar-refractivity contribution in [1.29, 1.82) is 0 Å². The zero-order chi connectivity index (χ0) is 10.7. The number of hydrogen-bond donors (Lipinski definition) is 1. The summed E-state index contributed by atoms with van der Waals surface area (Å²) in [4.78, 5) is 4.37. The summed E-state index contributed by atoms with van der Waals surface area (Å²) in [5, 5.41) is 0. The average molecular weight is 210 g/mol. The van der Waals surface area contributed by atoms with Gasteiger partial charge in [0, 0.05) is 25.7 Å². The van der Waals surface area contributed by atoms with Gasteiger partial charge in [-0.05, 0) is 25.7 Å². The fourth-order valence-corrected chi connectivity index (χ4v) is 1.83. The molecule has 1 aromatic rings. The van der Waals surface area contributed by atoms with E-state index in [1.165, 1.54) is 0 Å². The normalized spacial score (nSPS) is 20.4. The minimum Gasteiger partial charge on any atom is -0.449 e. The van der Waals surface area contributed by atoms with Gasteiger partial charge in [-0.3, -0.25) is 0 Å². The van der Waals surface area contributed by atoms with Crippen molar-refractivity contribution in [3.63, 3.8) is 0 Å². The first-order chi connectivity index (χ1) is 7.25. The maximum absolute atomic E-state index is 5.72. The molecule has 2 heterocycles. The van der Waals surface area contributed by atoms with E-state index < -0.39 is 0 Å². The van der Waals surface area contributed by atoms with Gasteiger partial charge in [0.2, 0.25) is 0 Å². The van der Waals surface area contributed by atoms with Gasteiger partial charge in [-0.1, -0.05) is 0 Å². The summed E-state index contributed by atoms with van der Waals surface area (Å²) in [7, 11) is 0. The summed E-state index contributed by atoms with van der Waals surface area (Å²) in [6, 6.07) is -0.0443. The van der Waals surface area contributed by atoms with E-state index in [4.69, 9.17) is 14.9 Å². The van der Waals surface area contributed by atoms with E-state index in [2.05, 4.69) is 4.98 Å². The van der Waals surface area contributed by atoms with Crippen LogP contribution in [0.5, 0.6) is 0 Å². The van der Waals surface area contributed by atoms with Gasteiger partial charge in [-0.25, -0.2) is 4.98 Å². The van der Waals surface area contributed by atoms with Crippen LogP contribution in [0.15, 0.2) is 10.7 Å². The van der Waals surface area contributed by atoms with Gasteiger partial charge in [-0.2, -0.15) is 0 Å². The van der Waals surface area contributed by atoms with Crippen LogP contribution in [-0.2, 0) is 11.2 Å². The number of nitrogens with zero attached hydrogens (tertiary/aromatic N) is 1. The molecule has 0 aliphatic carbocycles. The largest absolute Gasteiger partial charge is 0.449 e. The van der Waals surface area contributed by atoms with Crippen molar-refractivity contribution in [3.8, 4) is 0 Å². The minimum atomic E-state index is -0.0443. The van der Waals surface area contributed by atoms with Crippen LogP contribution < -0.4 is 5.73 Å². The molecule has 0 amide bonds. The third-order valence-electron chi connectivity index (χ3n) is 2.84. The van der Waals surface area contributed by atoms with Gasteiger partial charge >= 0.3 is 0 Å². The van der Waals surface area contributed by atoms with E-state index in [-0.39, 0.29) is 6.04 Å². The maximum Gasteiger partial charge on any atom is 0.194 e. The second-order valence-corrected chi connectivity index (χ2v) is 4.21. The van der Waals surface area contributed by atoms with E-state index in [0.717, 1.165) is 44.1 Å². The Labute approximate surface area is 89.8 Å². The Morgan fingerprint density at radius 1 is 1.53 bits per heavy atom. The number of rotatable bonds is 3. The quantitative estimate of drug-likeness (QED) is 0.824. The topological polar surface area (TPSA) is 61.3 Å². The molecule has 2 N–H and O–H groups in total. The molecule has 2 rings (SSSR count). The number of oxazole rings is 1. The summed E-state index contributed by atoms with van der Waals surface area (Å²) in [5.74, 6) is 1.47. The highest BCUT2D eigenvalue weighted by Crippen LogP contribution is 2.20. The Balaban J connectivity index is 1.91. The summed E-state index contributed by atoms with van der Waals surface area (Å²) >= 11 is 0. The van der Waals surface area contributed by atoms with Crippen LogP contribution in [0.25, 0.3) is 0 Å². The molecule has 1 aliphatic heterocycles. The van der Waals surface area contributed by atoms with Crippen molar-refractivity contribution in [3.05, 3.63) is 17.8 Å². The van der Waals surface area contributed by atoms with Gasteiger partial charge in [-0.15, -0.1) is 0 Å². The van der Waals surface area contributed by atoms with E-state index >= 15 is 0 Å². The smallest absolute Gasteiger partial charge is 0.194 e. The highest BCUT2D eigenvalue weighted by molar-refractivity contribution is 5.01. The number of nitrogens with two attached hydrogens (primary N) is 1. The molecule has 1 unspecified atom stereocenters. The monoisotopic (exact) mass is 210 g/mol. The third kappa shape index (κ3) is 2.79. The lowest BCUT2D eigenvalue weighted by Gasteiger charge is -2.20. The number of hydrogen-bond acceptors (Lipinski definition) is 4. The molecule has 15 heavy (non-hydrogen) atoms. The van der Waals surface area contributed by atoms with E-state index in [1.54, 1.807) is 6.26 Å². The zero-order valence-corrected chi connectivity index (χ0v) is 9.11. The third-order valence-corrected chi connectivity index (χ3v) is 2.84.